The SMILES string of the molecule is CCOc1ccccc1C(N)c1ccccc1C(F)(F)F. The lowest BCUT2D eigenvalue weighted by molar-refractivity contribution is -0.138. The minimum atomic E-state index is -4.44. The van der Waals surface area contributed by atoms with E-state index in [1.54, 1.807) is 30.3 Å². The maximum Gasteiger partial charge on any atom is 0.416 e. The monoisotopic (exact) mass is 295 g/mol. The Morgan fingerprint density at radius 1 is 1.00 bits per heavy atom. The first-order valence-electron chi connectivity index (χ1n) is 6.58. The number of nitrogens with two attached hydrogens (primary N) is 1. The summed E-state index contributed by atoms with van der Waals surface area (Å²) in [5.74, 6) is 0.504. The standard InChI is InChI=1S/C16H16F3NO/c1-2-21-14-10-6-4-8-12(14)15(20)11-7-3-5-9-13(11)16(17,18)19/h3-10,15H,2,20H2,1H3. The smallest absolute Gasteiger partial charge is 0.416 e. The Morgan fingerprint density at radius 3 is 2.19 bits per heavy atom. The number of halogens is 3. The summed E-state index contributed by atoms with van der Waals surface area (Å²) in [6.07, 6.45) is -4.44. The zero-order chi connectivity index (χ0) is 15.5. The van der Waals surface area contributed by atoms with Crippen molar-refractivity contribution in [3.63, 3.8) is 0 Å². The highest BCUT2D eigenvalue weighted by Crippen LogP contribution is 2.37. The van der Waals surface area contributed by atoms with E-state index in [4.69, 9.17) is 10.5 Å². The molecule has 0 spiro atoms. The van der Waals surface area contributed by atoms with Gasteiger partial charge in [-0.25, -0.2) is 0 Å². The Bertz CT molecular complexity index is 610. The van der Waals surface area contributed by atoms with Gasteiger partial charge in [0.05, 0.1) is 18.2 Å². The van der Waals surface area contributed by atoms with Crippen LogP contribution in [0.2, 0.25) is 0 Å². The van der Waals surface area contributed by atoms with Crippen molar-refractivity contribution in [2.45, 2.75) is 19.1 Å². The third-order valence-electron chi connectivity index (χ3n) is 3.16. The van der Waals surface area contributed by atoms with Crippen molar-refractivity contribution in [2.75, 3.05) is 6.61 Å². The van der Waals surface area contributed by atoms with E-state index in [0.717, 1.165) is 6.07 Å². The molecule has 0 aromatic heterocycles. The van der Waals surface area contributed by atoms with Gasteiger partial charge in [-0.1, -0.05) is 36.4 Å². The van der Waals surface area contributed by atoms with E-state index in [-0.39, 0.29) is 5.56 Å². The van der Waals surface area contributed by atoms with Crippen LogP contribution in [-0.2, 0) is 6.18 Å². The molecule has 0 bridgehead atoms. The lowest BCUT2D eigenvalue weighted by atomic mass is 9.94. The van der Waals surface area contributed by atoms with Crippen LogP contribution in [0.3, 0.4) is 0 Å². The summed E-state index contributed by atoms with van der Waals surface area (Å²) in [6, 6.07) is 11.3. The fourth-order valence-electron chi connectivity index (χ4n) is 2.22. The van der Waals surface area contributed by atoms with Crippen molar-refractivity contribution in [3.8, 4) is 5.75 Å². The second-order valence-corrected chi connectivity index (χ2v) is 4.53. The molecule has 0 saturated heterocycles. The summed E-state index contributed by atoms with van der Waals surface area (Å²) >= 11 is 0. The molecule has 0 aliphatic heterocycles. The molecule has 0 amide bonds. The summed E-state index contributed by atoms with van der Waals surface area (Å²) < 4.78 is 44.7. The average Bonchev–Trinajstić information content (AvgIpc) is 2.46. The van der Waals surface area contributed by atoms with Crippen molar-refractivity contribution >= 4 is 0 Å². The molecule has 1 atom stereocenters. The van der Waals surface area contributed by atoms with Crippen LogP contribution in [0.1, 0.15) is 29.7 Å². The summed E-state index contributed by atoms with van der Waals surface area (Å²) in [6.45, 7) is 2.23. The summed E-state index contributed by atoms with van der Waals surface area (Å²) in [7, 11) is 0. The fraction of sp³-hybridized carbons (Fsp3) is 0.250. The third-order valence-corrected chi connectivity index (χ3v) is 3.16. The Morgan fingerprint density at radius 2 is 1.57 bits per heavy atom. The Kier molecular flexibility index (Phi) is 4.53. The fourth-order valence-corrected chi connectivity index (χ4v) is 2.22. The van der Waals surface area contributed by atoms with Crippen LogP contribution in [0.5, 0.6) is 5.75 Å². The van der Waals surface area contributed by atoms with Gasteiger partial charge in [-0.2, -0.15) is 13.2 Å². The van der Waals surface area contributed by atoms with Gasteiger partial charge in [0, 0.05) is 5.56 Å². The van der Waals surface area contributed by atoms with Crippen LogP contribution in [0, 0.1) is 0 Å². The first-order valence-corrected chi connectivity index (χ1v) is 6.58. The molecule has 0 fully saturated rings. The maximum absolute atomic E-state index is 13.1. The first-order chi connectivity index (χ1) is 9.95. The summed E-state index contributed by atoms with van der Waals surface area (Å²) in [5, 5.41) is 0. The van der Waals surface area contributed by atoms with Gasteiger partial charge in [0.1, 0.15) is 5.75 Å². The Balaban J connectivity index is 2.48. The number of hydrogen-bond acceptors (Lipinski definition) is 2. The molecule has 2 rings (SSSR count). The highest BCUT2D eigenvalue weighted by atomic mass is 19.4. The molecule has 0 aliphatic rings. The quantitative estimate of drug-likeness (QED) is 0.919. The van der Waals surface area contributed by atoms with E-state index in [1.165, 1.54) is 12.1 Å². The lowest BCUT2D eigenvalue weighted by Crippen LogP contribution is -2.19. The van der Waals surface area contributed by atoms with Crippen LogP contribution >= 0.6 is 0 Å². The van der Waals surface area contributed by atoms with Gasteiger partial charge < -0.3 is 10.5 Å². The van der Waals surface area contributed by atoms with Crippen molar-refractivity contribution in [3.05, 3.63) is 65.2 Å². The van der Waals surface area contributed by atoms with Crippen molar-refractivity contribution in [2.24, 2.45) is 5.73 Å². The predicted octanol–water partition coefficient (Wildman–Crippen LogP) is 4.15. The van der Waals surface area contributed by atoms with Crippen molar-refractivity contribution in [1.29, 1.82) is 0 Å². The minimum Gasteiger partial charge on any atom is -0.494 e. The number of alkyl halides is 3. The molecule has 21 heavy (non-hydrogen) atoms. The topological polar surface area (TPSA) is 35.2 Å². The minimum absolute atomic E-state index is 0.0390. The number of benzene rings is 2. The molecule has 0 saturated carbocycles. The zero-order valence-corrected chi connectivity index (χ0v) is 11.5. The van der Waals surface area contributed by atoms with Gasteiger partial charge in [0.25, 0.3) is 0 Å². The molecule has 112 valence electrons. The van der Waals surface area contributed by atoms with Gasteiger partial charge >= 0.3 is 6.18 Å². The van der Waals surface area contributed by atoms with Gasteiger partial charge in [-0.05, 0) is 24.6 Å². The summed E-state index contributed by atoms with van der Waals surface area (Å²) in [4.78, 5) is 0. The normalized spacial score (nSPS) is 13.0. The molecule has 2 N–H and O–H groups in total. The third kappa shape index (κ3) is 3.36. The van der Waals surface area contributed by atoms with Crippen molar-refractivity contribution < 1.29 is 17.9 Å². The second-order valence-electron chi connectivity index (χ2n) is 4.53. The Labute approximate surface area is 121 Å². The molecule has 5 heteroatoms. The molecular weight excluding hydrogens is 279 g/mol. The second kappa shape index (κ2) is 6.18. The summed E-state index contributed by atoms with van der Waals surface area (Å²) in [5.41, 5.74) is 5.92. The average molecular weight is 295 g/mol. The number of rotatable bonds is 4. The number of para-hydroxylation sites is 1. The van der Waals surface area contributed by atoms with Crippen LogP contribution in [0.4, 0.5) is 13.2 Å². The van der Waals surface area contributed by atoms with Gasteiger partial charge in [-0.3, -0.25) is 0 Å². The highest BCUT2D eigenvalue weighted by molar-refractivity contribution is 5.44. The van der Waals surface area contributed by atoms with Crippen LogP contribution in [0.15, 0.2) is 48.5 Å². The van der Waals surface area contributed by atoms with Crippen molar-refractivity contribution in [1.82, 2.24) is 0 Å². The Hall–Kier alpha value is -2.01. The molecule has 1 unspecified atom stereocenters. The molecule has 0 heterocycles. The van der Waals surface area contributed by atoms with E-state index in [9.17, 15) is 13.2 Å². The largest absolute Gasteiger partial charge is 0.494 e. The molecular formula is C16H16F3NO. The highest BCUT2D eigenvalue weighted by Gasteiger charge is 2.34. The van der Waals surface area contributed by atoms with Gasteiger partial charge in [0.15, 0.2) is 0 Å². The first kappa shape index (κ1) is 15.4. The van der Waals surface area contributed by atoms with Crippen LogP contribution < -0.4 is 10.5 Å². The van der Waals surface area contributed by atoms with Crippen LogP contribution in [-0.4, -0.2) is 6.61 Å². The van der Waals surface area contributed by atoms with Crippen LogP contribution in [0.25, 0.3) is 0 Å². The molecule has 0 radical (unpaired) electrons. The van der Waals surface area contributed by atoms with E-state index in [1.807, 2.05) is 6.92 Å². The van der Waals surface area contributed by atoms with E-state index in [0.29, 0.717) is 17.9 Å². The molecule has 2 nitrogen and oxygen atoms in total. The number of ether oxygens (including phenoxy) is 1. The molecule has 2 aromatic carbocycles. The molecule has 2 aromatic rings. The predicted molar refractivity (Wildman–Crippen MR) is 75.1 cm³/mol. The zero-order valence-electron chi connectivity index (χ0n) is 11.5. The van der Waals surface area contributed by atoms with Gasteiger partial charge in [-0.15, -0.1) is 0 Å². The maximum atomic E-state index is 13.1. The van der Waals surface area contributed by atoms with E-state index < -0.39 is 17.8 Å². The number of hydrogen-bond donors (Lipinski definition) is 1. The van der Waals surface area contributed by atoms with E-state index in [2.05, 4.69) is 0 Å². The van der Waals surface area contributed by atoms with E-state index >= 15 is 0 Å². The lowest BCUT2D eigenvalue weighted by Gasteiger charge is -2.20. The van der Waals surface area contributed by atoms with Gasteiger partial charge in [0.2, 0.25) is 0 Å². The molecule has 0 aliphatic carbocycles.